The number of nitrogens with one attached hydrogen (secondary N) is 1. The first-order valence-electron chi connectivity index (χ1n) is 9.86. The summed E-state index contributed by atoms with van der Waals surface area (Å²) in [7, 11) is 1.60. The molecule has 1 aliphatic rings. The van der Waals surface area contributed by atoms with Crippen molar-refractivity contribution in [2.75, 3.05) is 13.6 Å². The topological polar surface area (TPSA) is 109 Å². The van der Waals surface area contributed by atoms with Gasteiger partial charge < -0.3 is 19.7 Å². The van der Waals surface area contributed by atoms with E-state index in [2.05, 4.69) is 11.4 Å². The van der Waals surface area contributed by atoms with E-state index in [9.17, 15) is 19.6 Å². The monoisotopic (exact) mass is 395 g/mol. The van der Waals surface area contributed by atoms with Crippen LogP contribution in [-0.4, -0.2) is 53.7 Å². The van der Waals surface area contributed by atoms with E-state index in [1.807, 2.05) is 0 Å². The average molecular weight is 396 g/mol. The Kier molecular flexibility index (Phi) is 8.73. The highest BCUT2D eigenvalue weighted by Crippen LogP contribution is 2.32. The number of nitriles is 1. The maximum absolute atomic E-state index is 12.6. The van der Waals surface area contributed by atoms with Gasteiger partial charge in [-0.2, -0.15) is 5.26 Å². The minimum absolute atomic E-state index is 0.0700. The van der Waals surface area contributed by atoms with Gasteiger partial charge in [0, 0.05) is 20.0 Å². The molecule has 1 fully saturated rings. The van der Waals surface area contributed by atoms with Crippen LogP contribution in [0.4, 0.5) is 4.79 Å². The standard InChI is InChI=1S/C20H33N3O5/c1-15(17(25)23(5)20(14-21)11-7-6-8-12-20)27-16(24)10-9-13-22-18(26)28-19(2,3)4/h15H,6-13H2,1-5H3,(H,22,26)/t15-/m1/s1. The molecule has 8 heteroatoms. The summed E-state index contributed by atoms with van der Waals surface area (Å²) < 4.78 is 10.3. The lowest BCUT2D eigenvalue weighted by molar-refractivity contribution is -0.161. The first-order chi connectivity index (χ1) is 13.0. The van der Waals surface area contributed by atoms with Crippen LogP contribution in [0.5, 0.6) is 0 Å². The van der Waals surface area contributed by atoms with Gasteiger partial charge in [0.1, 0.15) is 11.1 Å². The summed E-state index contributed by atoms with van der Waals surface area (Å²) in [6.45, 7) is 7.09. The number of likely N-dealkylation sites (N-methyl/N-ethyl adjacent to an activating group) is 1. The molecule has 28 heavy (non-hydrogen) atoms. The molecule has 158 valence electrons. The zero-order valence-electron chi connectivity index (χ0n) is 17.7. The first kappa shape index (κ1) is 23.7. The number of carbonyl (C=O) groups excluding carboxylic acids is 3. The van der Waals surface area contributed by atoms with Crippen molar-refractivity contribution in [1.29, 1.82) is 5.26 Å². The highest BCUT2D eigenvalue weighted by Gasteiger charge is 2.40. The van der Waals surface area contributed by atoms with Crippen molar-refractivity contribution in [3.05, 3.63) is 0 Å². The predicted molar refractivity (Wildman–Crippen MR) is 103 cm³/mol. The number of hydrogen-bond donors (Lipinski definition) is 1. The molecule has 1 N–H and O–H groups in total. The van der Waals surface area contributed by atoms with Crippen LogP contribution < -0.4 is 5.32 Å². The van der Waals surface area contributed by atoms with Gasteiger partial charge in [0.25, 0.3) is 5.91 Å². The SMILES string of the molecule is C[C@@H](OC(=O)CCCNC(=O)OC(C)(C)C)C(=O)N(C)C1(C#N)CCCCC1. The molecule has 0 unspecified atom stereocenters. The number of rotatable bonds is 7. The number of ether oxygens (including phenoxy) is 2. The molecule has 2 amide bonds. The van der Waals surface area contributed by atoms with Crippen molar-refractivity contribution in [2.45, 2.75) is 89.9 Å². The van der Waals surface area contributed by atoms with Crippen LogP contribution in [0.3, 0.4) is 0 Å². The fraction of sp³-hybridized carbons (Fsp3) is 0.800. The quantitative estimate of drug-likeness (QED) is 0.524. The molecule has 0 bridgehead atoms. The normalized spacial score (nSPS) is 17.0. The van der Waals surface area contributed by atoms with Gasteiger partial charge in [-0.15, -0.1) is 0 Å². The van der Waals surface area contributed by atoms with Gasteiger partial charge in [-0.1, -0.05) is 19.3 Å². The second kappa shape index (κ2) is 10.3. The fourth-order valence-electron chi connectivity index (χ4n) is 3.19. The summed E-state index contributed by atoms with van der Waals surface area (Å²) in [5, 5.41) is 12.2. The van der Waals surface area contributed by atoms with Crippen LogP contribution in [-0.2, 0) is 19.1 Å². The molecule has 0 saturated heterocycles. The Balaban J connectivity index is 2.40. The Morgan fingerprint density at radius 1 is 1.21 bits per heavy atom. The Bertz CT molecular complexity index is 600. The van der Waals surface area contributed by atoms with Crippen LogP contribution >= 0.6 is 0 Å². The first-order valence-corrected chi connectivity index (χ1v) is 9.86. The van der Waals surface area contributed by atoms with Crippen molar-refractivity contribution in [3.8, 4) is 6.07 Å². The zero-order chi connectivity index (χ0) is 21.4. The summed E-state index contributed by atoms with van der Waals surface area (Å²) >= 11 is 0. The van der Waals surface area contributed by atoms with Gasteiger partial charge >= 0.3 is 12.1 Å². The van der Waals surface area contributed by atoms with E-state index in [0.29, 0.717) is 19.3 Å². The molecule has 1 rings (SSSR count). The second-order valence-corrected chi connectivity index (χ2v) is 8.27. The number of amides is 2. The summed E-state index contributed by atoms with van der Waals surface area (Å²) in [6, 6.07) is 2.29. The lowest BCUT2D eigenvalue weighted by atomic mass is 9.81. The largest absolute Gasteiger partial charge is 0.453 e. The minimum atomic E-state index is -0.955. The van der Waals surface area contributed by atoms with Crippen LogP contribution in [0.25, 0.3) is 0 Å². The third kappa shape index (κ3) is 7.37. The van der Waals surface area contributed by atoms with E-state index in [-0.39, 0.29) is 18.9 Å². The molecule has 0 spiro atoms. The summed E-state index contributed by atoms with van der Waals surface area (Å²) in [5.41, 5.74) is -1.39. The molecule has 0 aromatic carbocycles. The maximum Gasteiger partial charge on any atom is 0.407 e. The summed E-state index contributed by atoms with van der Waals surface area (Å²) in [4.78, 5) is 37.6. The van der Waals surface area contributed by atoms with Gasteiger partial charge in [-0.3, -0.25) is 9.59 Å². The third-order valence-electron chi connectivity index (χ3n) is 4.74. The van der Waals surface area contributed by atoms with Gasteiger partial charge in [-0.25, -0.2) is 4.79 Å². The summed E-state index contributed by atoms with van der Waals surface area (Å²) in [5.74, 6) is -0.890. The predicted octanol–water partition coefficient (Wildman–Crippen LogP) is 2.91. The van der Waals surface area contributed by atoms with Crippen molar-refractivity contribution in [3.63, 3.8) is 0 Å². The van der Waals surface area contributed by atoms with E-state index < -0.39 is 29.3 Å². The van der Waals surface area contributed by atoms with Crippen molar-refractivity contribution in [1.82, 2.24) is 10.2 Å². The highest BCUT2D eigenvalue weighted by molar-refractivity contribution is 5.84. The summed E-state index contributed by atoms with van der Waals surface area (Å²) in [6.07, 6.45) is 3.10. The molecule has 8 nitrogen and oxygen atoms in total. The Hall–Kier alpha value is -2.30. The molecular formula is C20H33N3O5. The van der Waals surface area contributed by atoms with Crippen molar-refractivity contribution in [2.24, 2.45) is 0 Å². The van der Waals surface area contributed by atoms with Crippen LogP contribution in [0, 0.1) is 11.3 Å². The van der Waals surface area contributed by atoms with Crippen LogP contribution in [0.1, 0.15) is 72.6 Å². The smallest absolute Gasteiger partial charge is 0.407 e. The van der Waals surface area contributed by atoms with Crippen molar-refractivity contribution < 1.29 is 23.9 Å². The molecule has 1 saturated carbocycles. The van der Waals surface area contributed by atoms with Gasteiger partial charge in [0.05, 0.1) is 6.07 Å². The Labute approximate surface area is 167 Å². The highest BCUT2D eigenvalue weighted by atomic mass is 16.6. The van der Waals surface area contributed by atoms with Crippen molar-refractivity contribution >= 4 is 18.0 Å². The van der Waals surface area contributed by atoms with Gasteiger partial charge in [0.2, 0.25) is 0 Å². The van der Waals surface area contributed by atoms with E-state index >= 15 is 0 Å². The Morgan fingerprint density at radius 3 is 2.36 bits per heavy atom. The van der Waals surface area contributed by atoms with Gasteiger partial charge in [-0.05, 0) is 47.0 Å². The lowest BCUT2D eigenvalue weighted by Crippen LogP contribution is -2.53. The third-order valence-corrected chi connectivity index (χ3v) is 4.74. The molecular weight excluding hydrogens is 362 g/mol. The van der Waals surface area contributed by atoms with Gasteiger partial charge in [0.15, 0.2) is 6.10 Å². The molecule has 0 aromatic rings. The van der Waals surface area contributed by atoms with E-state index in [0.717, 1.165) is 19.3 Å². The number of hydrogen-bond acceptors (Lipinski definition) is 6. The maximum atomic E-state index is 12.6. The molecule has 0 aliphatic heterocycles. The number of esters is 1. The number of carbonyl (C=O) groups is 3. The average Bonchev–Trinajstić information content (AvgIpc) is 2.63. The minimum Gasteiger partial charge on any atom is -0.453 e. The molecule has 0 aromatic heterocycles. The second-order valence-electron chi connectivity index (χ2n) is 8.27. The lowest BCUT2D eigenvalue weighted by Gasteiger charge is -2.39. The van der Waals surface area contributed by atoms with Crippen LogP contribution in [0.15, 0.2) is 0 Å². The zero-order valence-corrected chi connectivity index (χ0v) is 17.7. The number of nitrogens with zero attached hydrogens (tertiary/aromatic N) is 2. The van der Waals surface area contributed by atoms with E-state index in [4.69, 9.17) is 9.47 Å². The van der Waals surface area contributed by atoms with Crippen LogP contribution in [0.2, 0.25) is 0 Å². The fourth-order valence-corrected chi connectivity index (χ4v) is 3.19. The Morgan fingerprint density at radius 2 is 1.82 bits per heavy atom. The molecule has 0 heterocycles. The van der Waals surface area contributed by atoms with E-state index in [1.54, 1.807) is 27.8 Å². The molecule has 1 aliphatic carbocycles. The number of alkyl carbamates (subject to hydrolysis) is 1. The molecule has 0 radical (unpaired) electrons. The molecule has 1 atom stereocenters. The van der Waals surface area contributed by atoms with E-state index in [1.165, 1.54) is 11.8 Å².